The maximum atomic E-state index is 13.5. The first-order valence-electron chi connectivity index (χ1n) is 12.9. The average Bonchev–Trinajstić information content (AvgIpc) is 3.16. The average molecular weight is 525 g/mol. The summed E-state index contributed by atoms with van der Waals surface area (Å²) in [4.78, 5) is 55.2. The fourth-order valence-electron chi connectivity index (χ4n) is 4.86. The van der Waals surface area contributed by atoms with Gasteiger partial charge in [0.1, 0.15) is 17.7 Å². The fourth-order valence-corrected chi connectivity index (χ4v) is 4.86. The minimum Gasteiger partial charge on any atom is -0.444 e. The number of carbonyl (C=O) groups is 4. The Labute approximate surface area is 222 Å². The molecule has 4 rings (SSSR count). The van der Waals surface area contributed by atoms with Gasteiger partial charge in [-0.25, -0.2) is 4.79 Å². The van der Waals surface area contributed by atoms with Gasteiger partial charge in [0.2, 0.25) is 23.6 Å². The first kappa shape index (κ1) is 27.4. The second-order valence-corrected chi connectivity index (χ2v) is 10.8. The molecule has 204 valence electrons. The van der Waals surface area contributed by atoms with Crippen LogP contribution in [0.4, 0.5) is 10.5 Å². The van der Waals surface area contributed by atoms with Crippen LogP contribution in [0.3, 0.4) is 0 Å². The molecule has 4 amide bonds. The Kier molecular flexibility index (Phi) is 7.64. The second-order valence-electron chi connectivity index (χ2n) is 10.8. The molecule has 2 aliphatic heterocycles. The smallest absolute Gasteiger partial charge is 0.410 e. The van der Waals surface area contributed by atoms with Crippen LogP contribution in [0.25, 0.3) is 10.8 Å². The van der Waals surface area contributed by atoms with Crippen LogP contribution >= 0.6 is 0 Å². The van der Waals surface area contributed by atoms with Gasteiger partial charge in [0.05, 0.1) is 6.61 Å². The van der Waals surface area contributed by atoms with E-state index < -0.39 is 35.5 Å². The number of carbonyl (C=O) groups excluding carboxylic acids is 4. The highest BCUT2D eigenvalue weighted by Crippen LogP contribution is 2.37. The summed E-state index contributed by atoms with van der Waals surface area (Å²) >= 11 is 0. The number of hydrogen-bond donors (Lipinski definition) is 2. The number of nitrogens with one attached hydrogen (secondary N) is 2. The molecule has 0 aliphatic carbocycles. The highest BCUT2D eigenvalue weighted by atomic mass is 16.6. The molecule has 2 saturated heterocycles. The van der Waals surface area contributed by atoms with Gasteiger partial charge in [0, 0.05) is 31.0 Å². The van der Waals surface area contributed by atoms with E-state index in [1.807, 2.05) is 42.5 Å². The second kappa shape index (κ2) is 10.6. The van der Waals surface area contributed by atoms with Gasteiger partial charge in [0.25, 0.3) is 0 Å². The fraction of sp³-hybridized carbons (Fsp3) is 0.500. The Hall–Kier alpha value is -3.66. The van der Waals surface area contributed by atoms with Gasteiger partial charge in [-0.05, 0) is 52.0 Å². The standard InChI is InChI=1S/C28H36N4O6/c1-18(31(5)26(36)38-27(2,3)4)24(34)30-28-16-15-22(32(28)23(33)14-9-17-37-28)25(35)29-21-13-8-11-19-10-6-7-12-20(19)21/h6-8,10-13,18,22H,9,14-17H2,1-5H3,(H,29,35)(H,30,34)/t18-,22?,28-/m0/s1. The molecule has 2 aromatic rings. The van der Waals surface area contributed by atoms with Gasteiger partial charge in [-0.2, -0.15) is 0 Å². The predicted octanol–water partition coefficient (Wildman–Crippen LogP) is 3.61. The van der Waals surface area contributed by atoms with Crippen molar-refractivity contribution in [2.45, 2.75) is 76.9 Å². The lowest BCUT2D eigenvalue weighted by molar-refractivity contribution is -0.181. The zero-order valence-corrected chi connectivity index (χ0v) is 22.6. The Balaban J connectivity index is 1.54. The number of benzene rings is 2. The molecule has 10 heteroatoms. The number of ether oxygens (including phenoxy) is 2. The van der Waals surface area contributed by atoms with Gasteiger partial charge in [0.15, 0.2) is 0 Å². The quantitative estimate of drug-likeness (QED) is 0.617. The van der Waals surface area contributed by atoms with E-state index in [1.165, 1.54) is 16.8 Å². The molecule has 38 heavy (non-hydrogen) atoms. The van der Waals surface area contributed by atoms with Crippen molar-refractivity contribution in [1.29, 1.82) is 0 Å². The molecule has 0 spiro atoms. The topological polar surface area (TPSA) is 117 Å². The van der Waals surface area contributed by atoms with Crippen molar-refractivity contribution >= 4 is 40.3 Å². The third-order valence-electron chi connectivity index (χ3n) is 6.91. The van der Waals surface area contributed by atoms with Crippen molar-refractivity contribution in [3.05, 3.63) is 42.5 Å². The van der Waals surface area contributed by atoms with Gasteiger partial charge in [-0.15, -0.1) is 0 Å². The van der Waals surface area contributed by atoms with Crippen LogP contribution < -0.4 is 10.6 Å². The monoisotopic (exact) mass is 524 g/mol. The summed E-state index contributed by atoms with van der Waals surface area (Å²) in [5, 5.41) is 7.70. The summed E-state index contributed by atoms with van der Waals surface area (Å²) < 4.78 is 11.5. The molecule has 2 fully saturated rings. The molecule has 3 atom stereocenters. The van der Waals surface area contributed by atoms with Gasteiger partial charge < -0.3 is 20.1 Å². The van der Waals surface area contributed by atoms with E-state index in [0.29, 0.717) is 18.5 Å². The van der Waals surface area contributed by atoms with Crippen LogP contribution in [0, 0.1) is 0 Å². The SMILES string of the molecule is C[C@@H](C(=O)N[C@@]12CCC(C(=O)Nc3cccc4ccccc34)N1C(=O)CCCO2)N(C)C(=O)OC(C)(C)C. The van der Waals surface area contributed by atoms with Crippen LogP contribution in [0.1, 0.15) is 53.4 Å². The highest BCUT2D eigenvalue weighted by molar-refractivity contribution is 6.05. The molecule has 10 nitrogen and oxygen atoms in total. The van der Waals surface area contributed by atoms with E-state index in [0.717, 1.165) is 10.8 Å². The largest absolute Gasteiger partial charge is 0.444 e. The Morgan fingerprint density at radius 1 is 1.16 bits per heavy atom. The molecular formula is C28H36N4O6. The van der Waals surface area contributed by atoms with Crippen molar-refractivity contribution in [2.75, 3.05) is 19.0 Å². The molecule has 0 aromatic heterocycles. The lowest BCUT2D eigenvalue weighted by Crippen LogP contribution is -2.65. The molecule has 0 radical (unpaired) electrons. The van der Waals surface area contributed by atoms with Crippen molar-refractivity contribution in [3.63, 3.8) is 0 Å². The molecule has 1 unspecified atom stereocenters. The lowest BCUT2D eigenvalue weighted by atomic mass is 10.1. The number of nitrogens with zero attached hydrogens (tertiary/aromatic N) is 2. The minimum atomic E-state index is -1.48. The summed E-state index contributed by atoms with van der Waals surface area (Å²) in [6.45, 7) is 7.04. The Bertz CT molecular complexity index is 1240. The first-order valence-corrected chi connectivity index (χ1v) is 12.9. The maximum Gasteiger partial charge on any atom is 0.410 e. The minimum absolute atomic E-state index is 0.197. The number of hydrogen-bond acceptors (Lipinski definition) is 6. The zero-order chi connectivity index (χ0) is 27.7. The number of rotatable bonds is 5. The highest BCUT2D eigenvalue weighted by Gasteiger charge is 2.54. The number of amides is 4. The number of likely N-dealkylation sites (N-methyl/N-ethyl adjacent to an activating group) is 1. The van der Waals surface area contributed by atoms with Crippen LogP contribution in [-0.4, -0.2) is 70.8 Å². The summed E-state index contributed by atoms with van der Waals surface area (Å²) in [6.07, 6.45) is 0.562. The molecular weight excluding hydrogens is 488 g/mol. The van der Waals surface area contributed by atoms with E-state index in [-0.39, 0.29) is 31.3 Å². The van der Waals surface area contributed by atoms with Crippen LogP contribution in [0.2, 0.25) is 0 Å². The van der Waals surface area contributed by atoms with E-state index in [4.69, 9.17) is 9.47 Å². The predicted molar refractivity (Wildman–Crippen MR) is 142 cm³/mol. The van der Waals surface area contributed by atoms with Crippen LogP contribution in [0.15, 0.2) is 42.5 Å². The maximum absolute atomic E-state index is 13.5. The Morgan fingerprint density at radius 2 is 1.87 bits per heavy atom. The molecule has 2 aliphatic rings. The van der Waals surface area contributed by atoms with E-state index in [9.17, 15) is 19.2 Å². The van der Waals surface area contributed by atoms with Gasteiger partial charge in [-0.3, -0.25) is 24.2 Å². The zero-order valence-electron chi connectivity index (χ0n) is 22.6. The van der Waals surface area contributed by atoms with E-state index in [1.54, 1.807) is 27.7 Å². The van der Waals surface area contributed by atoms with Crippen molar-refractivity contribution in [1.82, 2.24) is 15.1 Å². The van der Waals surface area contributed by atoms with Crippen LogP contribution in [0.5, 0.6) is 0 Å². The summed E-state index contributed by atoms with van der Waals surface area (Å²) in [5.74, 6) is -2.62. The molecule has 0 saturated carbocycles. The van der Waals surface area contributed by atoms with Crippen molar-refractivity contribution in [3.8, 4) is 0 Å². The molecule has 2 heterocycles. The molecule has 0 bridgehead atoms. The normalized spacial score (nSPS) is 22.3. The third-order valence-corrected chi connectivity index (χ3v) is 6.91. The van der Waals surface area contributed by atoms with Gasteiger partial charge in [-0.1, -0.05) is 36.4 Å². The molecule has 2 N–H and O–H groups in total. The van der Waals surface area contributed by atoms with E-state index in [2.05, 4.69) is 10.6 Å². The van der Waals surface area contributed by atoms with Gasteiger partial charge >= 0.3 is 6.09 Å². The first-order chi connectivity index (χ1) is 17.9. The molecule has 2 aromatic carbocycles. The van der Waals surface area contributed by atoms with Crippen LogP contribution in [-0.2, 0) is 23.9 Å². The summed E-state index contributed by atoms with van der Waals surface area (Å²) in [7, 11) is 1.47. The number of anilines is 1. The lowest BCUT2D eigenvalue weighted by Gasteiger charge is -2.40. The van der Waals surface area contributed by atoms with Crippen molar-refractivity contribution in [2.24, 2.45) is 0 Å². The van der Waals surface area contributed by atoms with E-state index >= 15 is 0 Å². The summed E-state index contributed by atoms with van der Waals surface area (Å²) in [5.41, 5.74) is -0.0744. The summed E-state index contributed by atoms with van der Waals surface area (Å²) in [6, 6.07) is 11.6. The Morgan fingerprint density at radius 3 is 2.61 bits per heavy atom. The number of fused-ring (bicyclic) bond motifs is 2. The van der Waals surface area contributed by atoms with Crippen molar-refractivity contribution < 1.29 is 28.7 Å². The third kappa shape index (κ3) is 5.60.